The Labute approximate surface area is 92.1 Å². The minimum Gasteiger partial charge on any atom is -0.129 e. The highest BCUT2D eigenvalue weighted by Gasteiger charge is 2.07. The van der Waals surface area contributed by atoms with Gasteiger partial charge in [-0.3, -0.25) is 0 Å². The largest absolute Gasteiger partial charge is 0.129 e. The van der Waals surface area contributed by atoms with Crippen LogP contribution in [0.4, 0.5) is 0 Å². The number of benzene rings is 1. The Bertz CT molecular complexity index is 287. The highest BCUT2D eigenvalue weighted by molar-refractivity contribution is 7.98. The maximum absolute atomic E-state index is 2.35. The van der Waals surface area contributed by atoms with Crippen LogP contribution in [0.25, 0.3) is 0 Å². The van der Waals surface area contributed by atoms with E-state index in [1.165, 1.54) is 28.9 Å². The second-order valence-corrected chi connectivity index (χ2v) is 4.59. The Hall–Kier alpha value is -0.430. The second kappa shape index (κ2) is 5.45. The van der Waals surface area contributed by atoms with Gasteiger partial charge < -0.3 is 0 Å². The molecule has 0 amide bonds. The zero-order valence-electron chi connectivity index (χ0n) is 9.63. The first-order chi connectivity index (χ1) is 6.72. The molecule has 1 aromatic carbocycles. The van der Waals surface area contributed by atoms with Crippen LogP contribution < -0.4 is 0 Å². The number of hydrogen-bond acceptors (Lipinski definition) is 1. The van der Waals surface area contributed by atoms with Crippen LogP contribution in [0.3, 0.4) is 0 Å². The van der Waals surface area contributed by atoms with E-state index in [2.05, 4.69) is 45.2 Å². The van der Waals surface area contributed by atoms with Gasteiger partial charge in [-0.25, -0.2) is 0 Å². The molecule has 14 heavy (non-hydrogen) atoms. The van der Waals surface area contributed by atoms with Gasteiger partial charge in [-0.15, -0.1) is 11.8 Å². The smallest absolute Gasteiger partial charge is 0.00985 e. The lowest BCUT2D eigenvalue weighted by atomic mass is 9.93. The average molecular weight is 208 g/mol. The quantitative estimate of drug-likeness (QED) is 0.651. The van der Waals surface area contributed by atoms with E-state index >= 15 is 0 Å². The molecule has 0 nitrogen and oxygen atoms in total. The van der Waals surface area contributed by atoms with Gasteiger partial charge in [0.25, 0.3) is 0 Å². The fourth-order valence-corrected chi connectivity index (χ4v) is 2.50. The maximum atomic E-state index is 2.35. The monoisotopic (exact) mass is 208 g/mol. The Balaban J connectivity index is 2.95. The fourth-order valence-electron chi connectivity index (χ4n) is 1.92. The highest BCUT2D eigenvalue weighted by Crippen LogP contribution is 2.27. The molecule has 0 atom stereocenters. The van der Waals surface area contributed by atoms with Crippen molar-refractivity contribution in [3.05, 3.63) is 29.3 Å². The summed E-state index contributed by atoms with van der Waals surface area (Å²) >= 11 is 1.83. The van der Waals surface area contributed by atoms with E-state index in [0.29, 0.717) is 0 Å². The molecule has 78 valence electrons. The minimum atomic E-state index is 0.740. The SMILES string of the molecule is CCC(CC)c1ccc(SC)c(C)c1. The van der Waals surface area contributed by atoms with E-state index < -0.39 is 0 Å². The lowest BCUT2D eigenvalue weighted by Gasteiger charge is -2.14. The van der Waals surface area contributed by atoms with Crippen molar-refractivity contribution in [2.75, 3.05) is 6.26 Å². The molecule has 0 saturated heterocycles. The van der Waals surface area contributed by atoms with Crippen molar-refractivity contribution in [3.63, 3.8) is 0 Å². The predicted octanol–water partition coefficient (Wildman–Crippen LogP) is 4.62. The molecule has 0 N–H and O–H groups in total. The van der Waals surface area contributed by atoms with Gasteiger partial charge in [0.2, 0.25) is 0 Å². The summed E-state index contributed by atoms with van der Waals surface area (Å²) in [5.74, 6) is 0.740. The first-order valence-electron chi connectivity index (χ1n) is 5.37. The van der Waals surface area contributed by atoms with E-state index in [-0.39, 0.29) is 0 Å². The minimum absolute atomic E-state index is 0.740. The highest BCUT2D eigenvalue weighted by atomic mass is 32.2. The molecular formula is C13H20S. The van der Waals surface area contributed by atoms with Crippen LogP contribution in [0, 0.1) is 6.92 Å². The molecule has 0 aliphatic heterocycles. The van der Waals surface area contributed by atoms with Crippen LogP contribution in [0.1, 0.15) is 43.7 Å². The van der Waals surface area contributed by atoms with Gasteiger partial charge in [-0.2, -0.15) is 0 Å². The van der Waals surface area contributed by atoms with Gasteiger partial charge in [0.15, 0.2) is 0 Å². The molecule has 1 aromatic rings. The Kier molecular flexibility index (Phi) is 4.53. The summed E-state index contributed by atoms with van der Waals surface area (Å²) in [5.41, 5.74) is 2.92. The van der Waals surface area contributed by atoms with Gasteiger partial charge in [0.1, 0.15) is 0 Å². The van der Waals surface area contributed by atoms with Crippen molar-refractivity contribution in [1.82, 2.24) is 0 Å². The third-order valence-corrected chi connectivity index (χ3v) is 3.77. The molecule has 1 rings (SSSR count). The second-order valence-electron chi connectivity index (χ2n) is 3.74. The van der Waals surface area contributed by atoms with E-state index in [1.807, 2.05) is 11.8 Å². The summed E-state index contributed by atoms with van der Waals surface area (Å²) in [7, 11) is 0. The zero-order valence-corrected chi connectivity index (χ0v) is 10.4. The normalized spacial score (nSPS) is 10.9. The van der Waals surface area contributed by atoms with Crippen LogP contribution in [0.2, 0.25) is 0 Å². The van der Waals surface area contributed by atoms with E-state index in [1.54, 1.807) is 0 Å². The summed E-state index contributed by atoms with van der Waals surface area (Å²) in [6, 6.07) is 6.90. The summed E-state index contributed by atoms with van der Waals surface area (Å²) in [4.78, 5) is 1.40. The molecular weight excluding hydrogens is 188 g/mol. The Morgan fingerprint density at radius 3 is 2.29 bits per heavy atom. The third kappa shape index (κ3) is 2.54. The van der Waals surface area contributed by atoms with Gasteiger partial charge in [-0.1, -0.05) is 26.0 Å². The molecule has 0 fully saturated rings. The van der Waals surface area contributed by atoms with Crippen molar-refractivity contribution in [2.24, 2.45) is 0 Å². The van der Waals surface area contributed by atoms with Crippen LogP contribution >= 0.6 is 11.8 Å². The molecule has 0 radical (unpaired) electrons. The van der Waals surface area contributed by atoms with E-state index in [0.717, 1.165) is 5.92 Å². The molecule has 0 aromatic heterocycles. The van der Waals surface area contributed by atoms with Crippen molar-refractivity contribution in [1.29, 1.82) is 0 Å². The summed E-state index contributed by atoms with van der Waals surface area (Å²) < 4.78 is 0. The lowest BCUT2D eigenvalue weighted by Crippen LogP contribution is -1.96. The van der Waals surface area contributed by atoms with Crippen LogP contribution in [0.5, 0.6) is 0 Å². The van der Waals surface area contributed by atoms with Crippen molar-refractivity contribution < 1.29 is 0 Å². The lowest BCUT2D eigenvalue weighted by molar-refractivity contribution is 0.641. The van der Waals surface area contributed by atoms with Gasteiger partial charge in [0.05, 0.1) is 0 Å². The summed E-state index contributed by atoms with van der Waals surface area (Å²) in [6.45, 7) is 6.75. The molecule has 0 unspecified atom stereocenters. The van der Waals surface area contributed by atoms with Gasteiger partial charge in [-0.05, 0) is 49.1 Å². The van der Waals surface area contributed by atoms with Crippen LogP contribution in [0.15, 0.2) is 23.1 Å². The fraction of sp³-hybridized carbons (Fsp3) is 0.538. The number of hydrogen-bond donors (Lipinski definition) is 0. The number of thioether (sulfide) groups is 1. The van der Waals surface area contributed by atoms with Crippen LogP contribution in [-0.2, 0) is 0 Å². The summed E-state index contributed by atoms with van der Waals surface area (Å²) in [6.07, 6.45) is 4.63. The number of rotatable bonds is 4. The topological polar surface area (TPSA) is 0 Å². The standard InChI is InChI=1S/C13H20S/c1-5-11(6-2)12-7-8-13(14-4)10(3)9-12/h7-9,11H,5-6H2,1-4H3. The van der Waals surface area contributed by atoms with E-state index in [4.69, 9.17) is 0 Å². The Morgan fingerprint density at radius 1 is 1.21 bits per heavy atom. The van der Waals surface area contributed by atoms with Crippen molar-refractivity contribution >= 4 is 11.8 Å². The number of aryl methyl sites for hydroxylation is 1. The predicted molar refractivity (Wildman–Crippen MR) is 66.3 cm³/mol. The molecule has 0 spiro atoms. The van der Waals surface area contributed by atoms with Gasteiger partial charge >= 0.3 is 0 Å². The molecule has 0 saturated carbocycles. The first kappa shape index (κ1) is 11.6. The van der Waals surface area contributed by atoms with Crippen LogP contribution in [-0.4, -0.2) is 6.26 Å². The van der Waals surface area contributed by atoms with Crippen molar-refractivity contribution in [3.8, 4) is 0 Å². The Morgan fingerprint density at radius 2 is 1.86 bits per heavy atom. The molecule has 0 aliphatic rings. The zero-order chi connectivity index (χ0) is 10.6. The van der Waals surface area contributed by atoms with Gasteiger partial charge in [0, 0.05) is 4.90 Å². The van der Waals surface area contributed by atoms with Crippen molar-refractivity contribution in [2.45, 2.75) is 44.4 Å². The molecule has 0 heterocycles. The van der Waals surface area contributed by atoms with E-state index in [9.17, 15) is 0 Å². The third-order valence-electron chi connectivity index (χ3n) is 2.88. The summed E-state index contributed by atoms with van der Waals surface area (Å²) in [5, 5.41) is 0. The molecule has 0 aliphatic carbocycles. The molecule has 1 heteroatoms. The average Bonchev–Trinajstić information content (AvgIpc) is 2.20. The first-order valence-corrected chi connectivity index (χ1v) is 6.59. The maximum Gasteiger partial charge on any atom is 0.00985 e. The molecule has 0 bridgehead atoms.